The van der Waals surface area contributed by atoms with Crippen molar-refractivity contribution in [3.05, 3.63) is 94.8 Å². The normalized spacial score (nSPS) is 19.0. The summed E-state index contributed by atoms with van der Waals surface area (Å²) in [7, 11) is 1.61. The fourth-order valence-corrected chi connectivity index (χ4v) is 5.40. The van der Waals surface area contributed by atoms with E-state index in [4.69, 9.17) is 21.4 Å². The van der Waals surface area contributed by atoms with E-state index in [2.05, 4.69) is 10.3 Å². The Hall–Kier alpha value is -3.69. The number of anilines is 1. The monoisotopic (exact) mass is 536 g/mol. The van der Waals surface area contributed by atoms with Crippen LogP contribution in [-0.2, 0) is 9.59 Å². The average molecular weight is 537 g/mol. The molecule has 0 unspecified atom stereocenters. The molecular weight excluding hydrogens is 515 g/mol. The highest BCUT2D eigenvalue weighted by molar-refractivity contribution is 8.15. The highest BCUT2D eigenvalue weighted by atomic mass is 35.5. The average Bonchev–Trinajstić information content (AvgIpc) is 3.49. The molecule has 37 heavy (non-hydrogen) atoms. The topological polar surface area (TPSA) is 83.4 Å². The fourth-order valence-electron chi connectivity index (χ4n) is 4.14. The van der Waals surface area contributed by atoms with Crippen LogP contribution in [0.2, 0.25) is 5.02 Å². The third-order valence-electron chi connectivity index (χ3n) is 5.99. The second kappa shape index (κ2) is 10.7. The second-order valence-electron chi connectivity index (χ2n) is 8.49. The molecule has 5 rings (SSSR count). The second-order valence-corrected chi connectivity index (χ2v) is 10.1. The van der Waals surface area contributed by atoms with Crippen LogP contribution in [0.1, 0.15) is 30.0 Å². The molecule has 7 nitrogen and oxygen atoms in total. The maximum atomic E-state index is 13.1. The number of amides is 2. The highest BCUT2D eigenvalue weighted by Crippen LogP contribution is 2.39. The van der Waals surface area contributed by atoms with Gasteiger partial charge in [-0.15, -0.1) is 0 Å². The van der Waals surface area contributed by atoms with Crippen molar-refractivity contribution >= 4 is 51.7 Å². The van der Waals surface area contributed by atoms with Crippen molar-refractivity contribution in [3.63, 3.8) is 0 Å². The number of carbonyl (C=O) groups is 2. The SMILES string of the molecule is COc1ccc(C2=NN(C3=NC(=O)[C@H](CC(=O)Nc4ccc(F)cc4)S3)[C@H](c3cccc(Cl)c3)C2)cc1. The first kappa shape index (κ1) is 25.0. The van der Waals surface area contributed by atoms with Crippen molar-refractivity contribution in [2.45, 2.75) is 24.1 Å². The molecule has 0 saturated heterocycles. The van der Waals surface area contributed by atoms with E-state index in [9.17, 15) is 14.0 Å². The van der Waals surface area contributed by atoms with Crippen molar-refractivity contribution in [2.75, 3.05) is 12.4 Å². The Bertz CT molecular complexity index is 1400. The zero-order chi connectivity index (χ0) is 25.9. The molecule has 2 atom stereocenters. The largest absolute Gasteiger partial charge is 0.497 e. The van der Waals surface area contributed by atoms with E-state index >= 15 is 0 Å². The first-order valence-electron chi connectivity index (χ1n) is 11.5. The fraction of sp³-hybridized carbons (Fsp3) is 0.185. The maximum Gasteiger partial charge on any atom is 0.262 e. The number of hydrogen-bond acceptors (Lipinski definition) is 6. The Morgan fingerprint density at radius 1 is 1.16 bits per heavy atom. The summed E-state index contributed by atoms with van der Waals surface area (Å²) < 4.78 is 18.4. The third kappa shape index (κ3) is 5.68. The van der Waals surface area contributed by atoms with Crippen molar-refractivity contribution in [1.29, 1.82) is 0 Å². The summed E-state index contributed by atoms with van der Waals surface area (Å²) >= 11 is 7.48. The number of amidine groups is 1. The van der Waals surface area contributed by atoms with Crippen LogP contribution in [0.15, 0.2) is 82.9 Å². The number of rotatable bonds is 6. The van der Waals surface area contributed by atoms with Crippen molar-refractivity contribution < 1.29 is 18.7 Å². The predicted molar refractivity (Wildman–Crippen MR) is 144 cm³/mol. The van der Waals surface area contributed by atoms with Gasteiger partial charge < -0.3 is 10.1 Å². The number of hydrogen-bond donors (Lipinski definition) is 1. The first-order chi connectivity index (χ1) is 17.9. The van der Waals surface area contributed by atoms with Crippen molar-refractivity contribution in [3.8, 4) is 5.75 Å². The molecule has 2 heterocycles. The number of benzene rings is 3. The van der Waals surface area contributed by atoms with E-state index in [1.165, 1.54) is 36.0 Å². The van der Waals surface area contributed by atoms with Crippen LogP contribution in [0.4, 0.5) is 10.1 Å². The lowest BCUT2D eigenvalue weighted by molar-refractivity contribution is -0.121. The van der Waals surface area contributed by atoms with Gasteiger partial charge in [0.2, 0.25) is 5.91 Å². The molecule has 0 fully saturated rings. The van der Waals surface area contributed by atoms with Crippen LogP contribution < -0.4 is 10.1 Å². The van der Waals surface area contributed by atoms with Crippen LogP contribution in [-0.4, -0.2) is 40.1 Å². The van der Waals surface area contributed by atoms with Crippen LogP contribution in [0.25, 0.3) is 0 Å². The molecule has 0 aromatic heterocycles. The lowest BCUT2D eigenvalue weighted by atomic mass is 9.98. The number of aliphatic imine (C=N–C) groups is 1. The number of halogens is 2. The molecule has 1 N–H and O–H groups in total. The molecule has 0 aliphatic carbocycles. The summed E-state index contributed by atoms with van der Waals surface area (Å²) in [6, 6.07) is 20.4. The number of thioether (sulfide) groups is 1. The van der Waals surface area contributed by atoms with Gasteiger partial charge in [-0.3, -0.25) is 9.59 Å². The van der Waals surface area contributed by atoms with Gasteiger partial charge in [0.25, 0.3) is 5.91 Å². The van der Waals surface area contributed by atoms with E-state index < -0.39 is 17.0 Å². The van der Waals surface area contributed by atoms with Gasteiger partial charge in [-0.05, 0) is 71.8 Å². The van der Waals surface area contributed by atoms with Gasteiger partial charge in [-0.1, -0.05) is 35.5 Å². The van der Waals surface area contributed by atoms with Crippen molar-refractivity contribution in [2.24, 2.45) is 10.1 Å². The zero-order valence-electron chi connectivity index (χ0n) is 19.7. The Balaban J connectivity index is 1.35. The van der Waals surface area contributed by atoms with Crippen LogP contribution in [0.3, 0.4) is 0 Å². The van der Waals surface area contributed by atoms with Gasteiger partial charge in [-0.25, -0.2) is 9.40 Å². The number of hydrazone groups is 1. The standard InChI is InChI=1S/C27H22ClFN4O3S/c1-36-21-11-5-16(6-12-21)22-14-23(17-3-2-4-18(28)13-17)33(32-22)27-31-26(35)24(37-27)15-25(34)30-20-9-7-19(29)8-10-20/h2-13,23-24H,14-15H2,1H3,(H,30,34)/t23-,24-/m0/s1. The molecule has 3 aromatic rings. The number of ether oxygens (including phenoxy) is 1. The number of nitrogens with zero attached hydrogens (tertiary/aromatic N) is 3. The summed E-state index contributed by atoms with van der Waals surface area (Å²) in [6.07, 6.45) is 0.509. The maximum absolute atomic E-state index is 13.1. The summed E-state index contributed by atoms with van der Waals surface area (Å²) in [5.41, 5.74) is 3.16. The van der Waals surface area contributed by atoms with E-state index in [1.54, 1.807) is 18.2 Å². The lowest BCUT2D eigenvalue weighted by Gasteiger charge is -2.23. The summed E-state index contributed by atoms with van der Waals surface area (Å²) in [6.45, 7) is 0. The molecule has 2 amide bonds. The summed E-state index contributed by atoms with van der Waals surface area (Å²) in [4.78, 5) is 29.6. The van der Waals surface area contributed by atoms with Gasteiger partial charge in [0.15, 0.2) is 5.17 Å². The minimum atomic E-state index is -0.685. The van der Waals surface area contributed by atoms with Crippen LogP contribution in [0.5, 0.6) is 5.75 Å². The zero-order valence-corrected chi connectivity index (χ0v) is 21.3. The first-order valence-corrected chi connectivity index (χ1v) is 12.8. The third-order valence-corrected chi connectivity index (χ3v) is 7.37. The molecule has 10 heteroatoms. The van der Waals surface area contributed by atoms with Gasteiger partial charge in [0.05, 0.1) is 18.9 Å². The minimum Gasteiger partial charge on any atom is -0.497 e. The Morgan fingerprint density at radius 2 is 1.92 bits per heavy atom. The molecule has 2 aliphatic rings. The number of carbonyl (C=O) groups excluding carboxylic acids is 2. The number of nitrogens with one attached hydrogen (secondary N) is 1. The molecule has 188 valence electrons. The molecule has 0 bridgehead atoms. The van der Waals surface area contributed by atoms with Gasteiger partial charge in [-0.2, -0.15) is 10.1 Å². The summed E-state index contributed by atoms with van der Waals surface area (Å²) in [5, 5.41) is 9.61. The van der Waals surface area contributed by atoms with E-state index in [-0.39, 0.29) is 18.4 Å². The molecular formula is C27H22ClFN4O3S. The number of methoxy groups -OCH3 is 1. The van der Waals surface area contributed by atoms with Crippen LogP contribution in [0, 0.1) is 5.82 Å². The predicted octanol–water partition coefficient (Wildman–Crippen LogP) is 5.67. The van der Waals surface area contributed by atoms with Gasteiger partial charge in [0, 0.05) is 23.6 Å². The Kier molecular flexibility index (Phi) is 7.25. The molecule has 0 radical (unpaired) electrons. The highest BCUT2D eigenvalue weighted by Gasteiger charge is 2.39. The lowest BCUT2D eigenvalue weighted by Crippen LogP contribution is -2.25. The van der Waals surface area contributed by atoms with E-state index in [0.29, 0.717) is 22.3 Å². The Labute approximate surface area is 222 Å². The quantitative estimate of drug-likeness (QED) is 0.439. The molecule has 2 aliphatic heterocycles. The summed E-state index contributed by atoms with van der Waals surface area (Å²) in [5.74, 6) is -0.406. The minimum absolute atomic E-state index is 0.0708. The van der Waals surface area contributed by atoms with Gasteiger partial charge >= 0.3 is 0 Å². The smallest absolute Gasteiger partial charge is 0.262 e. The van der Waals surface area contributed by atoms with E-state index in [1.807, 2.05) is 42.5 Å². The van der Waals surface area contributed by atoms with Crippen molar-refractivity contribution in [1.82, 2.24) is 5.01 Å². The Morgan fingerprint density at radius 3 is 2.62 bits per heavy atom. The van der Waals surface area contributed by atoms with E-state index in [0.717, 1.165) is 22.6 Å². The molecule has 3 aromatic carbocycles. The molecule has 0 spiro atoms. The molecule has 0 saturated carbocycles. The van der Waals surface area contributed by atoms with Crippen LogP contribution >= 0.6 is 23.4 Å². The van der Waals surface area contributed by atoms with Gasteiger partial charge in [0.1, 0.15) is 16.8 Å².